The Hall–Kier alpha value is -3.64. The van der Waals surface area contributed by atoms with Crippen molar-refractivity contribution in [1.29, 1.82) is 0 Å². The molecule has 1 aromatic rings. The molecule has 0 aromatic heterocycles. The molecule has 9 atom stereocenters. The van der Waals surface area contributed by atoms with Crippen LogP contribution in [0.5, 0.6) is 0 Å². The molecule has 336 valence electrons. The molecule has 5 rings (SSSR count). The van der Waals surface area contributed by atoms with Gasteiger partial charge in [-0.25, -0.2) is 0 Å². The normalized spacial score (nSPS) is 27.1. The van der Waals surface area contributed by atoms with E-state index in [1.807, 2.05) is 24.3 Å². The van der Waals surface area contributed by atoms with Crippen LogP contribution in [-0.4, -0.2) is 124 Å². The summed E-state index contributed by atoms with van der Waals surface area (Å²) in [5.74, 6) is -3.68. The molecular formula is C44H67N3O13. The van der Waals surface area contributed by atoms with Crippen LogP contribution in [0.25, 0.3) is 6.08 Å². The highest BCUT2D eigenvalue weighted by atomic mass is 16.8. The van der Waals surface area contributed by atoms with Gasteiger partial charge in [-0.1, -0.05) is 63.8 Å². The number of ether oxygens (including phenoxy) is 5. The van der Waals surface area contributed by atoms with Crippen molar-refractivity contribution in [3.8, 4) is 0 Å². The van der Waals surface area contributed by atoms with E-state index in [1.165, 1.54) is 18.2 Å². The van der Waals surface area contributed by atoms with Crippen LogP contribution in [-0.2, 0) is 54.2 Å². The predicted octanol–water partition coefficient (Wildman–Crippen LogP) is 3.57. The Morgan fingerprint density at radius 1 is 1.02 bits per heavy atom. The predicted molar refractivity (Wildman–Crippen MR) is 218 cm³/mol. The topological polar surface area (TPSA) is 212 Å². The fourth-order valence-electron chi connectivity index (χ4n) is 8.81. The highest BCUT2D eigenvalue weighted by Crippen LogP contribution is 2.58. The number of nitrogens with zero attached hydrogens (tertiary/aromatic N) is 1. The van der Waals surface area contributed by atoms with Gasteiger partial charge in [0, 0.05) is 25.7 Å². The van der Waals surface area contributed by atoms with E-state index in [0.717, 1.165) is 49.7 Å². The van der Waals surface area contributed by atoms with Crippen LogP contribution in [0.2, 0.25) is 0 Å². The molecule has 0 unspecified atom stereocenters. The van der Waals surface area contributed by atoms with Crippen molar-refractivity contribution >= 4 is 29.8 Å². The minimum Gasteiger partial charge on any atom is -0.499 e. The summed E-state index contributed by atoms with van der Waals surface area (Å²) in [6.07, 6.45) is 5.13. The minimum atomic E-state index is -1.65. The van der Waals surface area contributed by atoms with Gasteiger partial charge in [-0.3, -0.25) is 24.0 Å². The molecule has 4 aliphatic rings. The molecule has 0 spiro atoms. The van der Waals surface area contributed by atoms with Gasteiger partial charge in [0.2, 0.25) is 11.8 Å². The maximum atomic E-state index is 15.1. The molecule has 4 fully saturated rings. The standard InChI is InChI=1S/C44H67N3O13/c1-7-9-13-20-43(21-14-10-8-2)58-35-32-25-44(41(54)46-34(28(3)50)39(52)45-31(27-49)17-18-33(51)57-42(4,5)6)37(40(53)56-32)47(60-38(44)36(35)59-43)26-30-16-12-11-15-29(30)19-23-55-24-22-48/h11-12,15-16,19,23,28,31-32,34-38,48-50H,7-10,13-14,17-18,20-22,24-27H2,1-6H3,(H,45,52)(H,46,54)/t28-,31-,32+,34+,35-,36-,37-,38+,44-/m0/s1. The van der Waals surface area contributed by atoms with Crippen molar-refractivity contribution in [3.63, 3.8) is 0 Å². The Bertz CT molecular complexity index is 1640. The number of amides is 2. The molecule has 1 aliphatic carbocycles. The molecule has 5 N–H and O–H groups in total. The third-order valence-electron chi connectivity index (χ3n) is 11.7. The number of aliphatic hydroxyl groups is 3. The lowest BCUT2D eigenvalue weighted by Gasteiger charge is -2.49. The smallest absolute Gasteiger partial charge is 0.327 e. The largest absolute Gasteiger partial charge is 0.499 e. The van der Waals surface area contributed by atoms with Crippen LogP contribution in [0, 0.1) is 5.41 Å². The van der Waals surface area contributed by atoms with Crippen molar-refractivity contribution in [1.82, 2.24) is 15.7 Å². The third-order valence-corrected chi connectivity index (χ3v) is 11.7. The van der Waals surface area contributed by atoms with Crippen LogP contribution in [0.4, 0.5) is 0 Å². The maximum absolute atomic E-state index is 15.1. The zero-order valence-electron chi connectivity index (χ0n) is 36.1. The lowest BCUT2D eigenvalue weighted by molar-refractivity contribution is -0.224. The number of carbonyl (C=O) groups is 4. The average Bonchev–Trinajstić information content (AvgIpc) is 3.75. The van der Waals surface area contributed by atoms with Gasteiger partial charge in [0.15, 0.2) is 11.8 Å². The first-order valence-corrected chi connectivity index (χ1v) is 21.7. The minimum absolute atomic E-state index is 0.000778. The Labute approximate surface area is 353 Å². The summed E-state index contributed by atoms with van der Waals surface area (Å²) in [5.41, 5.74) is -0.880. The van der Waals surface area contributed by atoms with Gasteiger partial charge >= 0.3 is 11.9 Å². The van der Waals surface area contributed by atoms with E-state index in [2.05, 4.69) is 24.5 Å². The number of hydrogen-bond donors (Lipinski definition) is 5. The van der Waals surface area contributed by atoms with E-state index < -0.39 is 95.8 Å². The Morgan fingerprint density at radius 3 is 2.33 bits per heavy atom. The first kappa shape index (κ1) is 47.4. The average molecular weight is 846 g/mol. The van der Waals surface area contributed by atoms with Gasteiger partial charge < -0.3 is 49.6 Å². The summed E-state index contributed by atoms with van der Waals surface area (Å²) in [6, 6.07) is 3.72. The Balaban J connectivity index is 1.48. The highest BCUT2D eigenvalue weighted by molar-refractivity contribution is 5.96. The lowest BCUT2D eigenvalue weighted by Crippen LogP contribution is -2.71. The number of rotatable bonds is 23. The molecular weight excluding hydrogens is 778 g/mol. The molecule has 3 saturated heterocycles. The first-order valence-electron chi connectivity index (χ1n) is 21.7. The van der Waals surface area contributed by atoms with Gasteiger partial charge in [0.05, 0.1) is 38.2 Å². The monoisotopic (exact) mass is 845 g/mol. The van der Waals surface area contributed by atoms with E-state index in [0.29, 0.717) is 12.8 Å². The fourth-order valence-corrected chi connectivity index (χ4v) is 8.81. The number of hydroxylamine groups is 2. The van der Waals surface area contributed by atoms with E-state index in [9.17, 15) is 24.6 Å². The van der Waals surface area contributed by atoms with E-state index in [1.54, 1.807) is 26.8 Å². The van der Waals surface area contributed by atoms with Gasteiger partial charge in [-0.15, -0.1) is 0 Å². The van der Waals surface area contributed by atoms with E-state index in [-0.39, 0.29) is 39.0 Å². The van der Waals surface area contributed by atoms with Crippen LogP contribution >= 0.6 is 0 Å². The molecule has 2 bridgehead atoms. The maximum Gasteiger partial charge on any atom is 0.327 e. The number of esters is 2. The SMILES string of the molecule is CCCCCC1(CCCCC)O[C@@H]2[C@H](O1)[C@H]1ON(Cc3ccccc3C=COCCO)[C@H]3C(=O)O[C@@H]2C[C@@]13C(=O)N[C@@H](C(=O)N[C@H](CO)CCC(=O)OC(C)(C)C)[C@H](C)O. The van der Waals surface area contributed by atoms with Crippen LogP contribution in [0.3, 0.4) is 0 Å². The Kier molecular flexibility index (Phi) is 16.6. The molecule has 3 heterocycles. The van der Waals surface area contributed by atoms with Crippen molar-refractivity contribution in [2.45, 2.75) is 179 Å². The zero-order chi connectivity index (χ0) is 43.7. The molecule has 2 amide bonds. The number of aliphatic hydroxyl groups excluding tert-OH is 3. The molecule has 16 heteroatoms. The first-order chi connectivity index (χ1) is 28.6. The van der Waals surface area contributed by atoms with E-state index in [4.69, 9.17) is 33.6 Å². The van der Waals surface area contributed by atoms with E-state index >= 15 is 4.79 Å². The Morgan fingerprint density at radius 2 is 1.70 bits per heavy atom. The number of carbonyl (C=O) groups excluding carboxylic acids is 4. The fraction of sp³-hybridized carbons (Fsp3) is 0.727. The second-order valence-electron chi connectivity index (χ2n) is 17.5. The summed E-state index contributed by atoms with van der Waals surface area (Å²) < 4.78 is 30.7. The second kappa shape index (κ2) is 21.0. The number of benzene rings is 1. The van der Waals surface area contributed by atoms with Crippen LogP contribution in [0.1, 0.15) is 123 Å². The summed E-state index contributed by atoms with van der Waals surface area (Å²) in [7, 11) is 0. The molecule has 0 radical (unpaired) electrons. The summed E-state index contributed by atoms with van der Waals surface area (Å²) >= 11 is 0. The lowest BCUT2D eigenvalue weighted by atomic mass is 9.62. The van der Waals surface area contributed by atoms with Gasteiger partial charge in [0.1, 0.15) is 48.1 Å². The molecule has 3 aliphatic heterocycles. The van der Waals surface area contributed by atoms with Gasteiger partial charge in [-0.05, 0) is 64.2 Å². The van der Waals surface area contributed by atoms with Gasteiger partial charge in [0.25, 0.3) is 0 Å². The van der Waals surface area contributed by atoms with Crippen molar-refractivity contribution in [2.24, 2.45) is 5.41 Å². The summed E-state index contributed by atoms with van der Waals surface area (Å²) in [5, 5.41) is 37.1. The van der Waals surface area contributed by atoms with Crippen LogP contribution < -0.4 is 10.6 Å². The van der Waals surface area contributed by atoms with Crippen LogP contribution in [0.15, 0.2) is 30.5 Å². The molecule has 1 aromatic carbocycles. The summed E-state index contributed by atoms with van der Waals surface area (Å²) in [6.45, 7) is 10.3. The van der Waals surface area contributed by atoms with Crippen molar-refractivity contribution in [3.05, 3.63) is 41.7 Å². The number of fused-ring (bicyclic) bond motifs is 4. The zero-order valence-corrected chi connectivity index (χ0v) is 36.1. The number of hydrogen-bond acceptors (Lipinski definition) is 14. The number of nitrogens with one attached hydrogen (secondary N) is 2. The number of unbranched alkanes of at least 4 members (excludes halogenated alkanes) is 4. The third kappa shape index (κ3) is 11.0. The summed E-state index contributed by atoms with van der Waals surface area (Å²) in [4.78, 5) is 62.5. The van der Waals surface area contributed by atoms with Gasteiger partial charge in [-0.2, -0.15) is 5.06 Å². The second-order valence-corrected chi connectivity index (χ2v) is 17.5. The molecule has 1 saturated carbocycles. The quantitative estimate of drug-likeness (QED) is 0.0606. The van der Waals surface area contributed by atoms with Crippen molar-refractivity contribution in [2.75, 3.05) is 19.8 Å². The molecule has 16 nitrogen and oxygen atoms in total. The molecule has 60 heavy (non-hydrogen) atoms. The van der Waals surface area contributed by atoms with Crippen molar-refractivity contribution < 1.29 is 63.0 Å². The highest BCUT2D eigenvalue weighted by Gasteiger charge is 2.76.